The topological polar surface area (TPSA) is 37.8 Å². The van der Waals surface area contributed by atoms with Crippen LogP contribution < -0.4 is 5.32 Å². The Bertz CT molecular complexity index is 504. The van der Waals surface area contributed by atoms with Crippen LogP contribution in [0.1, 0.15) is 17.2 Å². The van der Waals surface area contributed by atoms with E-state index in [1.54, 1.807) is 18.5 Å². The van der Waals surface area contributed by atoms with Crippen molar-refractivity contribution in [3.05, 3.63) is 58.3 Å². The average molecular weight is 296 g/mol. The molecule has 1 unspecified atom stereocenters. The van der Waals surface area contributed by atoms with Crippen LogP contribution >= 0.6 is 15.9 Å². The molecule has 0 bridgehead atoms. The third-order valence-electron chi connectivity index (χ3n) is 2.47. The fourth-order valence-corrected chi connectivity index (χ4v) is 2.17. The monoisotopic (exact) mass is 295 g/mol. The second-order valence-electron chi connectivity index (χ2n) is 3.56. The third kappa shape index (κ3) is 2.68. The summed E-state index contributed by atoms with van der Waals surface area (Å²) < 4.78 is 14.1. The summed E-state index contributed by atoms with van der Waals surface area (Å²) in [7, 11) is 1.81. The molecule has 5 heteroatoms. The maximum Gasteiger partial charge on any atom is 0.123 e. The summed E-state index contributed by atoms with van der Waals surface area (Å²) in [6, 6.07) is 4.47. The number of hydrogen-bond donors (Lipinski definition) is 1. The van der Waals surface area contributed by atoms with E-state index in [-0.39, 0.29) is 11.9 Å². The van der Waals surface area contributed by atoms with Gasteiger partial charge < -0.3 is 5.32 Å². The molecule has 0 fully saturated rings. The Morgan fingerprint density at radius 2 is 2.00 bits per heavy atom. The largest absolute Gasteiger partial charge is 0.309 e. The van der Waals surface area contributed by atoms with Gasteiger partial charge in [-0.25, -0.2) is 14.4 Å². The normalized spacial score (nSPS) is 12.4. The summed E-state index contributed by atoms with van der Waals surface area (Å²) in [5.74, 6) is -0.264. The lowest BCUT2D eigenvalue weighted by Crippen LogP contribution is -2.18. The molecule has 3 nitrogen and oxygen atoms in total. The van der Waals surface area contributed by atoms with Gasteiger partial charge in [-0.05, 0) is 30.8 Å². The Morgan fingerprint density at radius 3 is 2.65 bits per heavy atom. The van der Waals surface area contributed by atoms with Crippen LogP contribution in [0.25, 0.3) is 0 Å². The summed E-state index contributed by atoms with van der Waals surface area (Å²) in [5, 5.41) is 3.13. The highest BCUT2D eigenvalue weighted by Gasteiger charge is 2.16. The Morgan fingerprint density at radius 1 is 1.29 bits per heavy atom. The quantitative estimate of drug-likeness (QED) is 0.946. The maximum atomic E-state index is 13.3. The molecule has 1 aromatic heterocycles. The van der Waals surface area contributed by atoms with Gasteiger partial charge >= 0.3 is 0 Å². The zero-order valence-corrected chi connectivity index (χ0v) is 10.8. The summed E-state index contributed by atoms with van der Waals surface area (Å²) in [6.07, 6.45) is 4.90. The van der Waals surface area contributed by atoms with Crippen LogP contribution in [-0.2, 0) is 0 Å². The summed E-state index contributed by atoms with van der Waals surface area (Å²) in [5.41, 5.74) is 1.71. The molecule has 0 aliphatic heterocycles. The van der Waals surface area contributed by atoms with Gasteiger partial charge in [0.15, 0.2) is 0 Å². The van der Waals surface area contributed by atoms with Gasteiger partial charge in [-0.15, -0.1) is 0 Å². The van der Waals surface area contributed by atoms with Crippen LogP contribution in [0.3, 0.4) is 0 Å². The molecule has 1 aromatic carbocycles. The molecule has 1 heterocycles. The van der Waals surface area contributed by atoms with Gasteiger partial charge in [0.2, 0.25) is 0 Å². The van der Waals surface area contributed by atoms with E-state index in [0.717, 1.165) is 15.6 Å². The lowest BCUT2D eigenvalue weighted by atomic mass is 10.0. The van der Waals surface area contributed by atoms with Gasteiger partial charge in [0.25, 0.3) is 0 Å². The minimum atomic E-state index is -0.264. The molecule has 2 rings (SSSR count). The minimum absolute atomic E-state index is 0.138. The van der Waals surface area contributed by atoms with Crippen LogP contribution in [0, 0.1) is 5.82 Å². The Kier molecular flexibility index (Phi) is 3.81. The van der Waals surface area contributed by atoms with Gasteiger partial charge in [-0.2, -0.15) is 0 Å². The second kappa shape index (κ2) is 5.33. The van der Waals surface area contributed by atoms with Gasteiger partial charge in [-0.3, -0.25) is 0 Å². The smallest absolute Gasteiger partial charge is 0.123 e. The number of halogens is 2. The fraction of sp³-hybridized carbons (Fsp3) is 0.167. The van der Waals surface area contributed by atoms with Crippen LogP contribution in [0.4, 0.5) is 4.39 Å². The van der Waals surface area contributed by atoms with Crippen molar-refractivity contribution >= 4 is 15.9 Å². The molecule has 0 amide bonds. The number of benzene rings is 1. The van der Waals surface area contributed by atoms with Gasteiger partial charge in [-0.1, -0.05) is 15.9 Å². The first-order valence-corrected chi connectivity index (χ1v) is 5.89. The highest BCUT2D eigenvalue weighted by Crippen LogP contribution is 2.28. The summed E-state index contributed by atoms with van der Waals surface area (Å²) >= 11 is 3.42. The first-order chi connectivity index (χ1) is 8.22. The predicted molar refractivity (Wildman–Crippen MR) is 67.0 cm³/mol. The summed E-state index contributed by atoms with van der Waals surface area (Å²) in [4.78, 5) is 7.94. The molecular formula is C12H11BrFN3. The first-order valence-electron chi connectivity index (χ1n) is 5.09. The van der Waals surface area contributed by atoms with E-state index in [9.17, 15) is 4.39 Å². The van der Waals surface area contributed by atoms with E-state index in [1.165, 1.54) is 18.5 Å². The van der Waals surface area contributed by atoms with Gasteiger partial charge in [0.1, 0.15) is 12.1 Å². The van der Waals surface area contributed by atoms with E-state index in [2.05, 4.69) is 31.2 Å². The Hall–Kier alpha value is -1.33. The SMILES string of the molecule is CNC(c1cncnc1)c1cc(F)ccc1Br. The lowest BCUT2D eigenvalue weighted by Gasteiger charge is -2.17. The van der Waals surface area contributed by atoms with Crippen molar-refractivity contribution in [3.8, 4) is 0 Å². The van der Waals surface area contributed by atoms with E-state index in [1.807, 2.05) is 7.05 Å². The van der Waals surface area contributed by atoms with E-state index < -0.39 is 0 Å². The second-order valence-corrected chi connectivity index (χ2v) is 4.41. The maximum absolute atomic E-state index is 13.3. The zero-order valence-electron chi connectivity index (χ0n) is 9.19. The average Bonchev–Trinajstić information content (AvgIpc) is 2.36. The number of hydrogen-bond acceptors (Lipinski definition) is 3. The van der Waals surface area contributed by atoms with Crippen molar-refractivity contribution in [2.24, 2.45) is 0 Å². The van der Waals surface area contributed by atoms with Crippen LogP contribution in [0.2, 0.25) is 0 Å². The van der Waals surface area contributed by atoms with Gasteiger partial charge in [0.05, 0.1) is 6.04 Å². The van der Waals surface area contributed by atoms with Crippen LogP contribution in [0.5, 0.6) is 0 Å². The van der Waals surface area contributed by atoms with Crippen molar-refractivity contribution < 1.29 is 4.39 Å². The molecule has 1 atom stereocenters. The Balaban J connectivity index is 2.46. The van der Waals surface area contributed by atoms with Crippen LogP contribution in [0.15, 0.2) is 41.4 Å². The molecule has 0 saturated heterocycles. The highest BCUT2D eigenvalue weighted by atomic mass is 79.9. The van der Waals surface area contributed by atoms with Crippen molar-refractivity contribution in [2.75, 3.05) is 7.05 Å². The molecule has 0 aliphatic carbocycles. The van der Waals surface area contributed by atoms with Crippen molar-refractivity contribution in [2.45, 2.75) is 6.04 Å². The fourth-order valence-electron chi connectivity index (χ4n) is 1.70. The zero-order chi connectivity index (χ0) is 12.3. The van der Waals surface area contributed by atoms with Gasteiger partial charge in [0, 0.05) is 22.4 Å². The van der Waals surface area contributed by atoms with E-state index in [0.29, 0.717) is 0 Å². The Labute approximate surface area is 107 Å². The molecule has 88 valence electrons. The van der Waals surface area contributed by atoms with E-state index in [4.69, 9.17) is 0 Å². The number of rotatable bonds is 3. The highest BCUT2D eigenvalue weighted by molar-refractivity contribution is 9.10. The number of aromatic nitrogens is 2. The molecule has 1 N–H and O–H groups in total. The molecule has 17 heavy (non-hydrogen) atoms. The molecule has 2 aromatic rings. The molecule has 0 radical (unpaired) electrons. The third-order valence-corrected chi connectivity index (χ3v) is 3.19. The van der Waals surface area contributed by atoms with Crippen LogP contribution in [-0.4, -0.2) is 17.0 Å². The minimum Gasteiger partial charge on any atom is -0.309 e. The predicted octanol–water partition coefficient (Wildman–Crippen LogP) is 2.69. The number of nitrogens with one attached hydrogen (secondary N) is 1. The van der Waals surface area contributed by atoms with Crippen molar-refractivity contribution in [1.82, 2.24) is 15.3 Å². The molecule has 0 aliphatic rings. The summed E-state index contributed by atoms with van der Waals surface area (Å²) in [6.45, 7) is 0. The lowest BCUT2D eigenvalue weighted by molar-refractivity contribution is 0.614. The molecule has 0 spiro atoms. The molecule has 0 saturated carbocycles. The standard InChI is InChI=1S/C12H11BrFN3/c1-15-12(8-5-16-7-17-6-8)10-4-9(14)2-3-11(10)13/h2-7,12,15H,1H3. The number of nitrogens with zero attached hydrogens (tertiary/aromatic N) is 2. The van der Waals surface area contributed by atoms with Crippen molar-refractivity contribution in [1.29, 1.82) is 0 Å². The molecular weight excluding hydrogens is 285 g/mol. The van der Waals surface area contributed by atoms with Crippen molar-refractivity contribution in [3.63, 3.8) is 0 Å². The van der Waals surface area contributed by atoms with E-state index >= 15 is 0 Å². The first kappa shape index (κ1) is 12.1.